The lowest BCUT2D eigenvalue weighted by atomic mass is 10.4. The Morgan fingerprint density at radius 2 is 2.00 bits per heavy atom. The van der Waals surface area contributed by atoms with E-state index in [9.17, 15) is 13.5 Å². The second-order valence-electron chi connectivity index (χ2n) is 3.55. The van der Waals surface area contributed by atoms with Crippen molar-refractivity contribution in [3.8, 4) is 0 Å². The number of aliphatic hydroxyl groups excluding tert-OH is 2. The van der Waals surface area contributed by atoms with Crippen molar-refractivity contribution < 1.29 is 18.6 Å². The lowest BCUT2D eigenvalue weighted by Crippen LogP contribution is -2.35. The predicted molar refractivity (Wildman–Crippen MR) is 64.4 cm³/mol. The second kappa shape index (κ2) is 5.79. The monoisotopic (exact) mass is 279 g/mol. The molecule has 0 spiro atoms. The minimum Gasteiger partial charge on any atom is -0.394 e. The molecule has 0 heterocycles. The minimum atomic E-state index is -3.74. The molecule has 0 fully saturated rings. The number of aliphatic hydroxyl groups is 2. The Kier molecular flexibility index (Phi) is 4.91. The Bertz CT molecular complexity index is 477. The first-order chi connectivity index (χ1) is 7.89. The van der Waals surface area contributed by atoms with Gasteiger partial charge in [0.2, 0.25) is 10.0 Å². The van der Waals surface area contributed by atoms with Gasteiger partial charge in [0.15, 0.2) is 0 Å². The van der Waals surface area contributed by atoms with Crippen LogP contribution in [0.15, 0.2) is 29.2 Å². The molecule has 1 rings (SSSR count). The van der Waals surface area contributed by atoms with E-state index in [1.807, 2.05) is 0 Å². The number of sulfonamides is 1. The number of halogens is 1. The SMILES string of the molecule is CN(CC(O)CO)S(=O)(=O)c1ccccc1Cl. The van der Waals surface area contributed by atoms with Gasteiger partial charge in [-0.15, -0.1) is 0 Å². The molecule has 0 bridgehead atoms. The number of hydrogen-bond donors (Lipinski definition) is 2. The first-order valence-electron chi connectivity index (χ1n) is 4.89. The summed E-state index contributed by atoms with van der Waals surface area (Å²) >= 11 is 5.81. The van der Waals surface area contributed by atoms with Crippen LogP contribution in [0.4, 0.5) is 0 Å². The highest BCUT2D eigenvalue weighted by Gasteiger charge is 2.24. The maximum Gasteiger partial charge on any atom is 0.244 e. The summed E-state index contributed by atoms with van der Waals surface area (Å²) in [7, 11) is -2.43. The molecule has 1 atom stereocenters. The van der Waals surface area contributed by atoms with E-state index in [-0.39, 0.29) is 16.5 Å². The highest BCUT2D eigenvalue weighted by Crippen LogP contribution is 2.23. The lowest BCUT2D eigenvalue weighted by molar-refractivity contribution is 0.0826. The standard InChI is InChI=1S/C10H14ClNO4S/c1-12(6-8(14)7-13)17(15,16)10-5-3-2-4-9(10)11/h2-5,8,13-14H,6-7H2,1H3. The molecule has 0 radical (unpaired) electrons. The van der Waals surface area contributed by atoms with Gasteiger partial charge >= 0.3 is 0 Å². The van der Waals surface area contributed by atoms with Gasteiger partial charge in [-0.05, 0) is 12.1 Å². The van der Waals surface area contributed by atoms with Crippen LogP contribution in [0, 0.1) is 0 Å². The molecule has 1 aromatic carbocycles. The van der Waals surface area contributed by atoms with E-state index in [2.05, 4.69) is 0 Å². The Hall–Kier alpha value is -0.660. The van der Waals surface area contributed by atoms with E-state index in [1.54, 1.807) is 12.1 Å². The second-order valence-corrected chi connectivity index (χ2v) is 5.97. The van der Waals surface area contributed by atoms with Crippen molar-refractivity contribution in [2.45, 2.75) is 11.0 Å². The normalized spacial score (nSPS) is 13.9. The molecule has 1 unspecified atom stereocenters. The number of rotatable bonds is 5. The summed E-state index contributed by atoms with van der Waals surface area (Å²) in [6.45, 7) is -0.688. The molecule has 0 aromatic heterocycles. The van der Waals surface area contributed by atoms with Gasteiger partial charge in [0.25, 0.3) is 0 Å². The van der Waals surface area contributed by atoms with Gasteiger partial charge in [0.1, 0.15) is 4.90 Å². The van der Waals surface area contributed by atoms with E-state index < -0.39 is 22.7 Å². The fourth-order valence-electron chi connectivity index (χ4n) is 1.27. The van der Waals surface area contributed by atoms with E-state index in [0.29, 0.717) is 0 Å². The van der Waals surface area contributed by atoms with Crippen LogP contribution in [-0.2, 0) is 10.0 Å². The molecule has 7 heteroatoms. The smallest absolute Gasteiger partial charge is 0.244 e. The first-order valence-corrected chi connectivity index (χ1v) is 6.71. The van der Waals surface area contributed by atoms with E-state index >= 15 is 0 Å². The molecule has 1 aromatic rings. The van der Waals surface area contributed by atoms with Crippen LogP contribution in [0.1, 0.15) is 0 Å². The Morgan fingerprint density at radius 3 is 2.53 bits per heavy atom. The average molecular weight is 280 g/mol. The molecule has 0 aliphatic rings. The van der Waals surface area contributed by atoms with E-state index in [1.165, 1.54) is 19.2 Å². The van der Waals surface area contributed by atoms with Gasteiger partial charge in [-0.25, -0.2) is 8.42 Å². The fourth-order valence-corrected chi connectivity index (χ4v) is 2.97. The van der Waals surface area contributed by atoms with Crippen LogP contribution in [-0.4, -0.2) is 49.2 Å². The van der Waals surface area contributed by atoms with Gasteiger partial charge in [0, 0.05) is 13.6 Å². The highest BCUT2D eigenvalue weighted by molar-refractivity contribution is 7.89. The van der Waals surface area contributed by atoms with Crippen molar-refractivity contribution in [1.82, 2.24) is 4.31 Å². The lowest BCUT2D eigenvalue weighted by Gasteiger charge is -2.20. The van der Waals surface area contributed by atoms with Gasteiger partial charge in [0.05, 0.1) is 17.7 Å². The highest BCUT2D eigenvalue weighted by atomic mass is 35.5. The van der Waals surface area contributed by atoms with E-state index in [0.717, 1.165) is 4.31 Å². The number of nitrogens with zero attached hydrogens (tertiary/aromatic N) is 1. The topological polar surface area (TPSA) is 77.8 Å². The van der Waals surface area contributed by atoms with Crippen molar-refractivity contribution in [3.05, 3.63) is 29.3 Å². The summed E-state index contributed by atoms with van der Waals surface area (Å²) in [5, 5.41) is 18.0. The third-order valence-electron chi connectivity index (χ3n) is 2.20. The number of hydrogen-bond acceptors (Lipinski definition) is 4. The zero-order valence-electron chi connectivity index (χ0n) is 9.25. The average Bonchev–Trinajstić information content (AvgIpc) is 2.29. The van der Waals surface area contributed by atoms with Crippen molar-refractivity contribution in [3.63, 3.8) is 0 Å². The van der Waals surface area contributed by atoms with Crippen LogP contribution >= 0.6 is 11.6 Å². The van der Waals surface area contributed by atoms with Crippen LogP contribution < -0.4 is 0 Å². The van der Waals surface area contributed by atoms with Crippen molar-refractivity contribution >= 4 is 21.6 Å². The Morgan fingerprint density at radius 1 is 1.41 bits per heavy atom. The fraction of sp³-hybridized carbons (Fsp3) is 0.400. The molecular formula is C10H14ClNO4S. The summed E-state index contributed by atoms with van der Waals surface area (Å²) in [5.74, 6) is 0. The summed E-state index contributed by atoms with van der Waals surface area (Å²) in [5.41, 5.74) is 0. The molecule has 0 aliphatic heterocycles. The molecule has 0 saturated carbocycles. The summed E-state index contributed by atoms with van der Waals surface area (Å²) in [4.78, 5) is -0.0192. The Labute approximate surface area is 105 Å². The maximum atomic E-state index is 12.1. The number of benzene rings is 1. The van der Waals surface area contributed by atoms with Gasteiger partial charge < -0.3 is 10.2 Å². The van der Waals surface area contributed by atoms with Crippen molar-refractivity contribution in [2.24, 2.45) is 0 Å². The third kappa shape index (κ3) is 3.40. The van der Waals surface area contributed by atoms with Gasteiger partial charge in [-0.2, -0.15) is 4.31 Å². The number of likely N-dealkylation sites (N-methyl/N-ethyl adjacent to an activating group) is 1. The van der Waals surface area contributed by atoms with Crippen molar-refractivity contribution in [2.75, 3.05) is 20.2 Å². The summed E-state index contributed by atoms with van der Waals surface area (Å²) in [6, 6.07) is 6.06. The molecule has 0 amide bonds. The van der Waals surface area contributed by atoms with Crippen LogP contribution in [0.25, 0.3) is 0 Å². The van der Waals surface area contributed by atoms with Crippen LogP contribution in [0.2, 0.25) is 5.02 Å². The molecule has 5 nitrogen and oxygen atoms in total. The zero-order valence-corrected chi connectivity index (χ0v) is 10.8. The van der Waals surface area contributed by atoms with Crippen molar-refractivity contribution in [1.29, 1.82) is 0 Å². The summed E-state index contributed by atoms with van der Waals surface area (Å²) in [6.07, 6.45) is -1.11. The molecule has 17 heavy (non-hydrogen) atoms. The molecule has 0 aliphatic carbocycles. The van der Waals surface area contributed by atoms with E-state index in [4.69, 9.17) is 16.7 Å². The maximum absolute atomic E-state index is 12.1. The molecule has 96 valence electrons. The summed E-state index contributed by atoms with van der Waals surface area (Å²) < 4.78 is 25.1. The molecule has 0 saturated heterocycles. The quantitative estimate of drug-likeness (QED) is 0.813. The van der Waals surface area contributed by atoms with Gasteiger partial charge in [-0.1, -0.05) is 23.7 Å². The van der Waals surface area contributed by atoms with Crippen LogP contribution in [0.3, 0.4) is 0 Å². The van der Waals surface area contributed by atoms with Gasteiger partial charge in [-0.3, -0.25) is 0 Å². The predicted octanol–water partition coefficient (Wildman–Crippen LogP) is 0.314. The molecular weight excluding hydrogens is 266 g/mol. The largest absolute Gasteiger partial charge is 0.394 e. The Balaban J connectivity index is 3.00. The minimum absolute atomic E-state index is 0.0192. The van der Waals surface area contributed by atoms with Crippen LogP contribution in [0.5, 0.6) is 0 Å². The first kappa shape index (κ1) is 14.4. The molecule has 2 N–H and O–H groups in total. The third-order valence-corrected chi connectivity index (χ3v) is 4.53. The zero-order chi connectivity index (χ0) is 13.1.